The molecule has 1 saturated heterocycles. The lowest BCUT2D eigenvalue weighted by molar-refractivity contribution is -0.116. The first-order chi connectivity index (χ1) is 14.5. The number of fused-ring (bicyclic) bond motifs is 1. The van der Waals surface area contributed by atoms with Crippen LogP contribution in [-0.2, 0) is 9.53 Å². The fourth-order valence-electron chi connectivity index (χ4n) is 3.12. The molecule has 1 aliphatic rings. The molecule has 4 rings (SSSR count). The van der Waals surface area contributed by atoms with Gasteiger partial charge in [-0.3, -0.25) is 14.9 Å². The van der Waals surface area contributed by atoms with Crippen molar-refractivity contribution in [3.8, 4) is 17.2 Å². The van der Waals surface area contributed by atoms with Crippen LogP contribution < -0.4 is 20.5 Å². The van der Waals surface area contributed by atoms with Crippen molar-refractivity contribution in [2.24, 2.45) is 5.73 Å². The van der Waals surface area contributed by atoms with Crippen molar-refractivity contribution in [1.82, 2.24) is 5.32 Å². The van der Waals surface area contributed by atoms with E-state index in [-0.39, 0.29) is 5.76 Å². The van der Waals surface area contributed by atoms with E-state index >= 15 is 0 Å². The van der Waals surface area contributed by atoms with E-state index in [0.29, 0.717) is 33.8 Å². The molecular weight excluding hydrogens is 388 g/mol. The molecule has 3 aromatic carbocycles. The van der Waals surface area contributed by atoms with Gasteiger partial charge in [0, 0.05) is 10.9 Å². The lowest BCUT2D eigenvalue weighted by Gasteiger charge is -2.14. The van der Waals surface area contributed by atoms with E-state index in [2.05, 4.69) is 0 Å². The van der Waals surface area contributed by atoms with E-state index < -0.39 is 17.9 Å². The standard InChI is InChI=1S/C22H16N2O6/c1-28-18-10-12(11-19-21(26)24-22(27)30-19)6-8-17(18)29-16-9-7-15(20(23)25)13-4-2-3-5-14(13)16/h2-11H,1H3,(H2,23,25)(H,24,26,27)/b19-11+. The third-order valence-electron chi connectivity index (χ3n) is 4.50. The van der Waals surface area contributed by atoms with Gasteiger partial charge in [-0.1, -0.05) is 30.3 Å². The van der Waals surface area contributed by atoms with E-state index in [4.69, 9.17) is 19.9 Å². The van der Waals surface area contributed by atoms with Crippen molar-refractivity contribution in [3.63, 3.8) is 0 Å². The zero-order valence-corrected chi connectivity index (χ0v) is 15.8. The Morgan fingerprint density at radius 1 is 1.00 bits per heavy atom. The fraction of sp³-hybridized carbons (Fsp3) is 0.0455. The van der Waals surface area contributed by atoms with E-state index in [1.807, 2.05) is 23.5 Å². The largest absolute Gasteiger partial charge is 0.493 e. The average Bonchev–Trinajstić information content (AvgIpc) is 3.05. The van der Waals surface area contributed by atoms with Crippen LogP contribution in [0.15, 0.2) is 60.4 Å². The SMILES string of the molecule is COc1cc(/C=C2/OC(=O)NC2=O)ccc1Oc1ccc(C(N)=O)c2ccccc12. The molecule has 1 aliphatic heterocycles. The molecule has 150 valence electrons. The first-order valence-corrected chi connectivity index (χ1v) is 8.88. The molecule has 0 saturated carbocycles. The van der Waals surface area contributed by atoms with Gasteiger partial charge in [0.2, 0.25) is 5.91 Å². The van der Waals surface area contributed by atoms with Crippen molar-refractivity contribution in [1.29, 1.82) is 0 Å². The Morgan fingerprint density at radius 3 is 2.40 bits per heavy atom. The Bertz CT molecular complexity index is 1230. The van der Waals surface area contributed by atoms with Crippen LogP contribution in [0.2, 0.25) is 0 Å². The normalized spacial score (nSPS) is 14.5. The Labute approximate surface area is 170 Å². The van der Waals surface area contributed by atoms with Gasteiger partial charge in [-0.25, -0.2) is 4.79 Å². The number of carbonyl (C=O) groups is 3. The predicted molar refractivity (Wildman–Crippen MR) is 108 cm³/mol. The molecule has 30 heavy (non-hydrogen) atoms. The Morgan fingerprint density at radius 2 is 1.73 bits per heavy atom. The van der Waals surface area contributed by atoms with Crippen molar-refractivity contribution in [3.05, 3.63) is 71.5 Å². The van der Waals surface area contributed by atoms with Gasteiger partial charge in [0.05, 0.1) is 7.11 Å². The van der Waals surface area contributed by atoms with Crippen molar-refractivity contribution < 1.29 is 28.6 Å². The molecule has 3 amide bonds. The highest BCUT2D eigenvalue weighted by Gasteiger charge is 2.26. The molecule has 0 bridgehead atoms. The van der Waals surface area contributed by atoms with Gasteiger partial charge in [-0.2, -0.15) is 0 Å². The Balaban J connectivity index is 1.70. The van der Waals surface area contributed by atoms with Gasteiger partial charge in [-0.15, -0.1) is 0 Å². The van der Waals surface area contributed by atoms with Crippen LogP contribution in [0, 0.1) is 0 Å². The highest BCUT2D eigenvalue weighted by atomic mass is 16.6. The summed E-state index contributed by atoms with van der Waals surface area (Å²) < 4.78 is 16.3. The third kappa shape index (κ3) is 3.53. The summed E-state index contributed by atoms with van der Waals surface area (Å²) in [7, 11) is 1.48. The van der Waals surface area contributed by atoms with Gasteiger partial charge in [0.15, 0.2) is 17.3 Å². The fourth-order valence-corrected chi connectivity index (χ4v) is 3.12. The number of rotatable bonds is 5. The number of alkyl carbamates (subject to hydrolysis) is 1. The average molecular weight is 404 g/mol. The van der Waals surface area contributed by atoms with E-state index in [1.54, 1.807) is 36.4 Å². The molecule has 8 heteroatoms. The van der Waals surface area contributed by atoms with Crippen LogP contribution in [-0.4, -0.2) is 25.0 Å². The molecule has 0 unspecified atom stereocenters. The number of primary amides is 1. The summed E-state index contributed by atoms with van der Waals surface area (Å²) in [4.78, 5) is 34.5. The van der Waals surface area contributed by atoms with Crippen LogP contribution in [0.3, 0.4) is 0 Å². The quantitative estimate of drug-likeness (QED) is 0.630. The second kappa shape index (κ2) is 7.59. The second-order valence-corrected chi connectivity index (χ2v) is 6.39. The molecule has 3 N–H and O–H groups in total. The highest BCUT2D eigenvalue weighted by molar-refractivity contribution is 6.10. The Hall–Kier alpha value is -4.33. The number of methoxy groups -OCH3 is 1. The minimum Gasteiger partial charge on any atom is -0.493 e. The lowest BCUT2D eigenvalue weighted by Crippen LogP contribution is -2.18. The summed E-state index contributed by atoms with van der Waals surface area (Å²) in [6.45, 7) is 0. The van der Waals surface area contributed by atoms with Gasteiger partial charge in [0.25, 0.3) is 5.91 Å². The number of benzene rings is 3. The summed E-state index contributed by atoms with van der Waals surface area (Å²) in [6.07, 6.45) is 0.605. The minimum absolute atomic E-state index is 0.108. The predicted octanol–water partition coefficient (Wildman–Crippen LogP) is 3.35. The van der Waals surface area contributed by atoms with Gasteiger partial charge >= 0.3 is 6.09 Å². The Kier molecular flexibility index (Phi) is 4.81. The number of imide groups is 1. The number of carbonyl (C=O) groups excluding carboxylic acids is 3. The summed E-state index contributed by atoms with van der Waals surface area (Å²) in [6, 6.07) is 15.5. The molecule has 0 spiro atoms. The third-order valence-corrected chi connectivity index (χ3v) is 4.50. The van der Waals surface area contributed by atoms with Crippen LogP contribution >= 0.6 is 0 Å². The van der Waals surface area contributed by atoms with E-state index in [9.17, 15) is 14.4 Å². The van der Waals surface area contributed by atoms with E-state index in [1.165, 1.54) is 13.2 Å². The minimum atomic E-state index is -0.815. The maximum atomic E-state index is 11.7. The summed E-state index contributed by atoms with van der Waals surface area (Å²) >= 11 is 0. The number of cyclic esters (lactones) is 1. The first kappa shape index (κ1) is 19.0. The molecular formula is C22H16N2O6. The van der Waals surface area contributed by atoms with E-state index in [0.717, 1.165) is 5.39 Å². The zero-order chi connectivity index (χ0) is 21.3. The smallest absolute Gasteiger partial charge is 0.419 e. The number of nitrogens with one attached hydrogen (secondary N) is 1. The number of amides is 3. The van der Waals surface area contributed by atoms with Crippen molar-refractivity contribution in [2.45, 2.75) is 0 Å². The molecule has 3 aromatic rings. The van der Waals surface area contributed by atoms with Gasteiger partial charge < -0.3 is 19.9 Å². The number of nitrogens with two attached hydrogens (primary N) is 1. The topological polar surface area (TPSA) is 117 Å². The van der Waals surface area contributed by atoms with Crippen LogP contribution in [0.4, 0.5) is 4.79 Å². The molecule has 0 aromatic heterocycles. The highest BCUT2D eigenvalue weighted by Crippen LogP contribution is 2.37. The monoisotopic (exact) mass is 404 g/mol. The molecule has 8 nitrogen and oxygen atoms in total. The van der Waals surface area contributed by atoms with Gasteiger partial charge in [-0.05, 0) is 41.3 Å². The maximum absolute atomic E-state index is 11.7. The number of hydrogen-bond donors (Lipinski definition) is 2. The van der Waals surface area contributed by atoms with Gasteiger partial charge in [0.1, 0.15) is 5.75 Å². The maximum Gasteiger partial charge on any atom is 0.419 e. The van der Waals surface area contributed by atoms with Crippen molar-refractivity contribution >= 4 is 34.8 Å². The van der Waals surface area contributed by atoms with Crippen LogP contribution in [0.5, 0.6) is 17.2 Å². The molecule has 1 fully saturated rings. The first-order valence-electron chi connectivity index (χ1n) is 8.88. The lowest BCUT2D eigenvalue weighted by atomic mass is 10.0. The van der Waals surface area contributed by atoms with Crippen LogP contribution in [0.25, 0.3) is 16.8 Å². The summed E-state index contributed by atoms with van der Waals surface area (Å²) in [5.41, 5.74) is 6.44. The molecule has 1 heterocycles. The summed E-state index contributed by atoms with van der Waals surface area (Å²) in [5.74, 6) is 0.0965. The summed E-state index contributed by atoms with van der Waals surface area (Å²) in [5, 5.41) is 3.43. The second-order valence-electron chi connectivity index (χ2n) is 6.39. The molecule has 0 radical (unpaired) electrons. The number of hydrogen-bond acceptors (Lipinski definition) is 6. The van der Waals surface area contributed by atoms with Crippen molar-refractivity contribution in [2.75, 3.05) is 7.11 Å². The zero-order valence-electron chi connectivity index (χ0n) is 15.8. The molecule has 0 atom stereocenters. The molecule has 0 aliphatic carbocycles. The number of ether oxygens (including phenoxy) is 3. The van der Waals surface area contributed by atoms with Crippen LogP contribution in [0.1, 0.15) is 15.9 Å².